The van der Waals surface area contributed by atoms with Gasteiger partial charge < -0.3 is 15.0 Å². The lowest BCUT2D eigenvalue weighted by Crippen LogP contribution is -2.36. The third kappa shape index (κ3) is 8.31. The highest BCUT2D eigenvalue weighted by Crippen LogP contribution is 2.39. The topological polar surface area (TPSA) is 79.0 Å². The number of amides is 1. The van der Waals surface area contributed by atoms with Gasteiger partial charge in [0.1, 0.15) is 11.5 Å². The molecule has 11 heteroatoms. The molecule has 1 aliphatic carbocycles. The van der Waals surface area contributed by atoms with Gasteiger partial charge in [-0.05, 0) is 69.3 Å². The minimum atomic E-state index is -3.95. The zero-order chi connectivity index (χ0) is 27.9. The van der Waals surface area contributed by atoms with E-state index in [1.54, 1.807) is 0 Å². The molecule has 0 spiro atoms. The second kappa shape index (κ2) is 14.3. The van der Waals surface area contributed by atoms with Gasteiger partial charge in [0.15, 0.2) is 0 Å². The maximum atomic E-state index is 12.9. The van der Waals surface area contributed by atoms with Crippen molar-refractivity contribution >= 4 is 50.7 Å². The molecule has 1 atom stereocenters. The van der Waals surface area contributed by atoms with Crippen molar-refractivity contribution in [3.8, 4) is 0 Å². The minimum absolute atomic E-state index is 0.0311. The van der Waals surface area contributed by atoms with Crippen molar-refractivity contribution < 1.29 is 17.9 Å². The molecule has 7 nitrogen and oxygen atoms in total. The smallest absolute Gasteiger partial charge is 0.246 e. The van der Waals surface area contributed by atoms with E-state index in [4.69, 9.17) is 39.5 Å². The van der Waals surface area contributed by atoms with Crippen molar-refractivity contribution in [1.82, 2.24) is 14.5 Å². The Balaban J connectivity index is 1.38. The highest BCUT2D eigenvalue weighted by Gasteiger charge is 2.30. The average molecular weight is 605 g/mol. The zero-order valence-corrected chi connectivity index (χ0v) is 25.1. The fourth-order valence-electron chi connectivity index (χ4n) is 5.07. The van der Waals surface area contributed by atoms with Crippen LogP contribution in [-0.2, 0) is 19.6 Å². The first-order chi connectivity index (χ1) is 18.0. The van der Waals surface area contributed by atoms with E-state index in [-0.39, 0.29) is 45.6 Å². The van der Waals surface area contributed by atoms with Gasteiger partial charge in [-0.25, -0.2) is 8.42 Å². The predicted octanol–water partition coefficient (Wildman–Crippen LogP) is 5.51. The van der Waals surface area contributed by atoms with Crippen molar-refractivity contribution in [3.05, 3.63) is 63.1 Å². The van der Waals surface area contributed by atoms with E-state index in [9.17, 15) is 13.2 Å². The Morgan fingerprint density at radius 1 is 1.03 bits per heavy atom. The minimum Gasteiger partial charge on any atom is -0.370 e. The summed E-state index contributed by atoms with van der Waals surface area (Å²) in [4.78, 5) is 14.4. The summed E-state index contributed by atoms with van der Waals surface area (Å²) in [6.45, 7) is 0.559. The normalized spacial score (nSPS) is 19.1. The SMILES string of the molecule is CN(C)C(c1ccccc1)C1CCC(CNC(=O)COCCN(C)S(=O)(=O)c2c(Cl)cc(Cl)cc2Cl)CC1. The number of carbonyl (C=O) groups excluding carboxylic acids is 1. The molecular formula is C27H36Cl3N3O4S. The number of nitrogens with zero attached hydrogens (tertiary/aromatic N) is 2. The van der Waals surface area contributed by atoms with Crippen LogP contribution < -0.4 is 5.32 Å². The molecule has 1 saturated carbocycles. The molecule has 0 radical (unpaired) electrons. The summed E-state index contributed by atoms with van der Waals surface area (Å²) in [6.07, 6.45) is 4.39. The van der Waals surface area contributed by atoms with Crippen LogP contribution in [0.2, 0.25) is 15.1 Å². The van der Waals surface area contributed by atoms with Crippen molar-refractivity contribution in [2.24, 2.45) is 11.8 Å². The Morgan fingerprint density at radius 2 is 1.63 bits per heavy atom. The van der Waals surface area contributed by atoms with Crippen LogP contribution in [-0.4, -0.2) is 71.0 Å². The molecular weight excluding hydrogens is 569 g/mol. The van der Waals surface area contributed by atoms with Crippen LogP contribution in [0.3, 0.4) is 0 Å². The summed E-state index contributed by atoms with van der Waals surface area (Å²) >= 11 is 18.0. The Hall–Kier alpha value is -1.39. The number of likely N-dealkylation sites (N-methyl/N-ethyl adjacent to an activating group) is 1. The van der Waals surface area contributed by atoms with Gasteiger partial charge in [0, 0.05) is 31.2 Å². The monoisotopic (exact) mass is 603 g/mol. The van der Waals surface area contributed by atoms with Crippen LogP contribution >= 0.6 is 34.8 Å². The van der Waals surface area contributed by atoms with Crippen molar-refractivity contribution in [2.75, 3.05) is 47.4 Å². The Kier molecular flexibility index (Phi) is 11.7. The molecule has 210 valence electrons. The van der Waals surface area contributed by atoms with Crippen molar-refractivity contribution in [2.45, 2.75) is 36.6 Å². The van der Waals surface area contributed by atoms with Crippen LogP contribution in [0.4, 0.5) is 0 Å². The Bertz CT molecular complexity index is 1150. The lowest BCUT2D eigenvalue weighted by molar-refractivity contribution is -0.126. The van der Waals surface area contributed by atoms with Gasteiger partial charge in [-0.2, -0.15) is 4.31 Å². The molecule has 1 fully saturated rings. The largest absolute Gasteiger partial charge is 0.370 e. The standard InChI is InChI=1S/C27H36Cl3N3O4S/c1-32(2)26(20-7-5-4-6-8-20)21-11-9-19(10-12-21)17-31-25(34)18-37-14-13-33(3)38(35,36)27-23(29)15-22(28)16-24(27)30/h4-8,15-16,19,21,26H,9-14,17-18H2,1-3H3,(H,31,34). The number of hydrogen-bond acceptors (Lipinski definition) is 5. The summed E-state index contributed by atoms with van der Waals surface area (Å²) < 4.78 is 32.2. The second-order valence-electron chi connectivity index (χ2n) is 9.98. The van der Waals surface area contributed by atoms with Crippen LogP contribution in [0.5, 0.6) is 0 Å². The third-order valence-electron chi connectivity index (χ3n) is 7.04. The molecule has 1 unspecified atom stereocenters. The first kappa shape index (κ1) is 31.1. The summed E-state index contributed by atoms with van der Waals surface area (Å²) in [5, 5.41) is 3.10. The summed E-state index contributed by atoms with van der Waals surface area (Å²) in [5.41, 5.74) is 1.35. The molecule has 1 amide bonds. The van der Waals surface area contributed by atoms with Crippen molar-refractivity contribution in [1.29, 1.82) is 0 Å². The zero-order valence-electron chi connectivity index (χ0n) is 22.0. The Labute approximate surface area is 241 Å². The summed E-state index contributed by atoms with van der Waals surface area (Å²) in [6, 6.07) is 13.7. The lowest BCUT2D eigenvalue weighted by Gasteiger charge is -2.37. The van der Waals surface area contributed by atoms with Gasteiger partial charge in [-0.1, -0.05) is 65.1 Å². The maximum Gasteiger partial charge on any atom is 0.246 e. The highest BCUT2D eigenvalue weighted by atomic mass is 35.5. The first-order valence-electron chi connectivity index (χ1n) is 12.7. The van der Waals surface area contributed by atoms with Gasteiger partial charge in [0.05, 0.1) is 16.7 Å². The van der Waals surface area contributed by atoms with E-state index in [1.165, 1.54) is 24.7 Å². The van der Waals surface area contributed by atoms with Gasteiger partial charge in [-0.15, -0.1) is 0 Å². The molecule has 38 heavy (non-hydrogen) atoms. The number of sulfonamides is 1. The van der Waals surface area contributed by atoms with Crippen LogP contribution in [0.15, 0.2) is 47.4 Å². The quantitative estimate of drug-likeness (QED) is 0.323. The van der Waals surface area contributed by atoms with E-state index in [0.29, 0.717) is 24.4 Å². The fraction of sp³-hybridized carbons (Fsp3) is 0.519. The predicted molar refractivity (Wildman–Crippen MR) is 153 cm³/mol. The molecule has 0 bridgehead atoms. The number of halogens is 3. The number of carbonyl (C=O) groups is 1. The van der Waals surface area contributed by atoms with E-state index in [0.717, 1.165) is 30.0 Å². The lowest BCUT2D eigenvalue weighted by atomic mass is 9.76. The molecule has 0 aliphatic heterocycles. The second-order valence-corrected chi connectivity index (χ2v) is 13.2. The molecule has 2 aromatic rings. The summed E-state index contributed by atoms with van der Waals surface area (Å²) in [5.74, 6) is 0.824. The van der Waals surface area contributed by atoms with E-state index >= 15 is 0 Å². The van der Waals surface area contributed by atoms with Gasteiger partial charge >= 0.3 is 0 Å². The third-order valence-corrected chi connectivity index (χ3v) is 10.0. The van der Waals surface area contributed by atoms with Gasteiger partial charge in [0.2, 0.25) is 15.9 Å². The molecule has 1 aliphatic rings. The number of nitrogens with one attached hydrogen (secondary N) is 1. The number of ether oxygens (including phenoxy) is 1. The number of benzene rings is 2. The van der Waals surface area contributed by atoms with E-state index in [1.807, 2.05) is 6.07 Å². The molecule has 0 aromatic heterocycles. The molecule has 0 heterocycles. The van der Waals surface area contributed by atoms with Crippen LogP contribution in [0, 0.1) is 11.8 Å². The number of hydrogen-bond donors (Lipinski definition) is 1. The maximum absolute atomic E-state index is 12.9. The molecule has 0 saturated heterocycles. The van der Waals surface area contributed by atoms with E-state index < -0.39 is 10.0 Å². The number of rotatable bonds is 12. The summed E-state index contributed by atoms with van der Waals surface area (Å²) in [7, 11) is 1.72. The average Bonchev–Trinajstić information content (AvgIpc) is 2.85. The van der Waals surface area contributed by atoms with Crippen LogP contribution in [0.1, 0.15) is 37.3 Å². The van der Waals surface area contributed by atoms with Gasteiger partial charge in [-0.3, -0.25) is 4.79 Å². The molecule has 2 aromatic carbocycles. The van der Waals surface area contributed by atoms with Crippen molar-refractivity contribution in [3.63, 3.8) is 0 Å². The highest BCUT2D eigenvalue weighted by molar-refractivity contribution is 7.89. The Morgan fingerprint density at radius 3 is 2.21 bits per heavy atom. The first-order valence-corrected chi connectivity index (χ1v) is 15.2. The molecule has 3 rings (SSSR count). The van der Waals surface area contributed by atoms with Gasteiger partial charge in [0.25, 0.3) is 0 Å². The van der Waals surface area contributed by atoms with E-state index in [2.05, 4.69) is 48.6 Å². The fourth-order valence-corrected chi connectivity index (χ4v) is 7.71. The van der Waals surface area contributed by atoms with Crippen LogP contribution in [0.25, 0.3) is 0 Å². The molecule has 1 N–H and O–H groups in total.